The van der Waals surface area contributed by atoms with Gasteiger partial charge in [-0.3, -0.25) is 4.79 Å². The van der Waals surface area contributed by atoms with Gasteiger partial charge in [0.15, 0.2) is 0 Å². The van der Waals surface area contributed by atoms with Gasteiger partial charge in [-0.25, -0.2) is 4.98 Å². The molecule has 0 radical (unpaired) electrons. The third kappa shape index (κ3) is 3.95. The summed E-state index contributed by atoms with van der Waals surface area (Å²) in [6.07, 6.45) is 0.751. The van der Waals surface area contributed by atoms with Crippen molar-refractivity contribution in [3.63, 3.8) is 0 Å². The fourth-order valence-electron chi connectivity index (χ4n) is 2.43. The van der Waals surface area contributed by atoms with Crippen molar-refractivity contribution in [2.45, 2.75) is 25.9 Å². The van der Waals surface area contributed by atoms with E-state index in [1.165, 1.54) is 21.9 Å². The van der Waals surface area contributed by atoms with Gasteiger partial charge in [0.2, 0.25) is 10.1 Å². The lowest BCUT2D eigenvalue weighted by Crippen LogP contribution is -2.16. The number of hydrogen-bond acceptors (Lipinski definition) is 6. The Kier molecular flexibility index (Phi) is 5.58. The second-order valence-corrected chi connectivity index (χ2v) is 7.24. The van der Waals surface area contributed by atoms with Crippen LogP contribution < -0.4 is 10.9 Å². The zero-order valence-corrected chi connectivity index (χ0v) is 15.7. The Morgan fingerprint density at radius 3 is 2.76 bits per heavy atom. The molecule has 1 unspecified atom stereocenters. The summed E-state index contributed by atoms with van der Waals surface area (Å²) in [6, 6.07) is 6.55. The van der Waals surface area contributed by atoms with E-state index in [0.29, 0.717) is 25.7 Å². The molecule has 0 saturated carbocycles. The van der Waals surface area contributed by atoms with Gasteiger partial charge >= 0.3 is 0 Å². The second kappa shape index (κ2) is 7.70. The topological polar surface area (TPSA) is 79.5 Å². The zero-order chi connectivity index (χ0) is 18.0. The average Bonchev–Trinajstić information content (AvgIpc) is 2.97. The summed E-state index contributed by atoms with van der Waals surface area (Å²) in [4.78, 5) is 17.0. The highest BCUT2D eigenvalue weighted by Gasteiger charge is 2.16. The molecule has 3 aromatic rings. The van der Waals surface area contributed by atoms with Crippen LogP contribution in [-0.4, -0.2) is 26.2 Å². The Bertz CT molecular complexity index is 937. The quantitative estimate of drug-likeness (QED) is 0.663. The zero-order valence-electron chi connectivity index (χ0n) is 13.4. The maximum Gasteiger partial charge on any atom is 0.275 e. The number of fused-ring (bicyclic) bond motifs is 1. The molecule has 0 fully saturated rings. The van der Waals surface area contributed by atoms with Crippen molar-refractivity contribution in [2.75, 3.05) is 11.9 Å². The fraction of sp³-hybridized carbons (Fsp3) is 0.312. The fourth-order valence-corrected chi connectivity index (χ4v) is 3.91. The number of aliphatic hydroxyl groups is 1. The van der Waals surface area contributed by atoms with Crippen molar-refractivity contribution in [2.24, 2.45) is 0 Å². The van der Waals surface area contributed by atoms with Gasteiger partial charge in [0.25, 0.3) is 5.56 Å². The largest absolute Gasteiger partial charge is 0.386 e. The Morgan fingerprint density at radius 1 is 1.36 bits per heavy atom. The highest BCUT2D eigenvalue weighted by molar-refractivity contribution is 7.20. The Morgan fingerprint density at radius 2 is 2.08 bits per heavy atom. The number of aliphatic hydroxyl groups excluding tert-OH is 1. The molecule has 0 amide bonds. The number of halogens is 2. The van der Waals surface area contributed by atoms with Crippen LogP contribution in [-0.2, 0) is 6.42 Å². The summed E-state index contributed by atoms with van der Waals surface area (Å²) in [6.45, 7) is 2.18. The summed E-state index contributed by atoms with van der Waals surface area (Å²) in [5, 5.41) is 18.8. The number of benzene rings is 1. The van der Waals surface area contributed by atoms with Crippen LogP contribution in [0.2, 0.25) is 10.0 Å². The normalized spacial score (nSPS) is 12.5. The van der Waals surface area contributed by atoms with E-state index in [4.69, 9.17) is 23.2 Å². The molecule has 1 aromatic carbocycles. The van der Waals surface area contributed by atoms with Crippen LogP contribution in [0, 0.1) is 0 Å². The van der Waals surface area contributed by atoms with Crippen molar-refractivity contribution in [3.05, 3.63) is 55.9 Å². The minimum atomic E-state index is -0.909. The van der Waals surface area contributed by atoms with Gasteiger partial charge in [-0.1, -0.05) is 53.9 Å². The number of hydrogen-bond donors (Lipinski definition) is 2. The first kappa shape index (κ1) is 18.1. The SMILES string of the molecule is CCCc1cc(=O)n2nc(NCC(O)c3c(Cl)cccc3Cl)sc2n1. The van der Waals surface area contributed by atoms with Gasteiger partial charge in [0.1, 0.15) is 0 Å². The van der Waals surface area contributed by atoms with E-state index in [1.54, 1.807) is 18.2 Å². The van der Waals surface area contributed by atoms with Crippen molar-refractivity contribution < 1.29 is 5.11 Å². The van der Waals surface area contributed by atoms with Crippen LogP contribution in [0.15, 0.2) is 29.1 Å². The van der Waals surface area contributed by atoms with E-state index in [1.807, 2.05) is 6.92 Å². The molecule has 0 aliphatic carbocycles. The molecule has 0 bridgehead atoms. The molecule has 0 spiro atoms. The minimum absolute atomic E-state index is 0.153. The number of aryl methyl sites for hydroxylation is 1. The molecule has 9 heteroatoms. The van der Waals surface area contributed by atoms with Crippen LogP contribution in [0.4, 0.5) is 5.13 Å². The van der Waals surface area contributed by atoms with Crippen LogP contribution in [0.5, 0.6) is 0 Å². The summed E-state index contributed by atoms with van der Waals surface area (Å²) in [5.74, 6) is 0. The van der Waals surface area contributed by atoms with Crippen molar-refractivity contribution in [1.29, 1.82) is 0 Å². The predicted octanol–water partition coefficient (Wildman–Crippen LogP) is 3.56. The standard InChI is InChI=1S/C16H16Cl2N4O2S/c1-2-4-9-7-13(24)22-16(20-9)25-15(21-22)19-8-12(23)14-10(17)5-3-6-11(14)18/h3,5-7,12,23H,2,4,8H2,1H3,(H,19,21). The maximum atomic E-state index is 12.1. The summed E-state index contributed by atoms with van der Waals surface area (Å²) >= 11 is 13.4. The summed E-state index contributed by atoms with van der Waals surface area (Å²) in [7, 11) is 0. The first-order valence-electron chi connectivity index (χ1n) is 7.75. The van der Waals surface area contributed by atoms with E-state index in [-0.39, 0.29) is 12.1 Å². The molecule has 2 N–H and O–H groups in total. The van der Waals surface area contributed by atoms with Crippen LogP contribution in [0.3, 0.4) is 0 Å². The third-order valence-electron chi connectivity index (χ3n) is 3.58. The van der Waals surface area contributed by atoms with Crippen molar-refractivity contribution in [1.82, 2.24) is 14.6 Å². The van der Waals surface area contributed by atoms with Crippen LogP contribution in [0.25, 0.3) is 4.96 Å². The maximum absolute atomic E-state index is 12.1. The van der Waals surface area contributed by atoms with E-state index in [2.05, 4.69) is 15.4 Å². The molecule has 0 aliphatic heterocycles. The van der Waals surface area contributed by atoms with E-state index in [0.717, 1.165) is 18.5 Å². The lowest BCUT2D eigenvalue weighted by atomic mass is 10.1. The van der Waals surface area contributed by atoms with Crippen molar-refractivity contribution >= 4 is 44.6 Å². The molecule has 6 nitrogen and oxygen atoms in total. The van der Waals surface area contributed by atoms with Gasteiger partial charge < -0.3 is 10.4 Å². The number of aromatic nitrogens is 3. The van der Waals surface area contributed by atoms with Gasteiger partial charge in [-0.2, -0.15) is 4.52 Å². The van der Waals surface area contributed by atoms with Crippen molar-refractivity contribution in [3.8, 4) is 0 Å². The molecule has 0 aliphatic rings. The number of anilines is 1. The Hall–Kier alpha value is -1.67. The molecule has 2 aromatic heterocycles. The average molecular weight is 399 g/mol. The van der Waals surface area contributed by atoms with Gasteiger partial charge in [-0.05, 0) is 18.6 Å². The van der Waals surface area contributed by atoms with E-state index in [9.17, 15) is 9.90 Å². The molecule has 3 rings (SSSR count). The van der Waals surface area contributed by atoms with Crippen LogP contribution >= 0.6 is 34.5 Å². The Balaban J connectivity index is 1.79. The van der Waals surface area contributed by atoms with Gasteiger partial charge in [-0.15, -0.1) is 5.10 Å². The van der Waals surface area contributed by atoms with Gasteiger partial charge in [0, 0.05) is 33.9 Å². The first-order valence-corrected chi connectivity index (χ1v) is 9.32. The lowest BCUT2D eigenvalue weighted by Gasteiger charge is -2.14. The first-order chi connectivity index (χ1) is 12.0. The number of nitrogens with zero attached hydrogens (tertiary/aromatic N) is 3. The molecule has 1 atom stereocenters. The highest BCUT2D eigenvalue weighted by Crippen LogP contribution is 2.30. The second-order valence-electron chi connectivity index (χ2n) is 5.47. The molecule has 132 valence electrons. The molecular weight excluding hydrogens is 383 g/mol. The number of nitrogens with one attached hydrogen (secondary N) is 1. The highest BCUT2D eigenvalue weighted by atomic mass is 35.5. The summed E-state index contributed by atoms with van der Waals surface area (Å²) in [5.41, 5.74) is 0.998. The van der Waals surface area contributed by atoms with Gasteiger partial charge in [0.05, 0.1) is 6.10 Å². The molecule has 0 saturated heterocycles. The smallest absolute Gasteiger partial charge is 0.275 e. The monoisotopic (exact) mass is 398 g/mol. The third-order valence-corrected chi connectivity index (χ3v) is 5.11. The molecular formula is C16H16Cl2N4O2S. The predicted molar refractivity (Wildman–Crippen MR) is 101 cm³/mol. The van der Waals surface area contributed by atoms with Crippen LogP contribution in [0.1, 0.15) is 30.7 Å². The molecule has 2 heterocycles. The Labute approximate surface area is 158 Å². The van der Waals surface area contributed by atoms with E-state index >= 15 is 0 Å². The molecule has 25 heavy (non-hydrogen) atoms. The minimum Gasteiger partial charge on any atom is -0.386 e. The summed E-state index contributed by atoms with van der Waals surface area (Å²) < 4.78 is 1.25. The lowest BCUT2D eigenvalue weighted by molar-refractivity contribution is 0.192. The van der Waals surface area contributed by atoms with E-state index < -0.39 is 6.10 Å². The number of rotatable bonds is 6.